The molecule has 0 fully saturated rings. The summed E-state index contributed by atoms with van der Waals surface area (Å²) in [6.45, 7) is 2.67. The van der Waals surface area contributed by atoms with Crippen molar-refractivity contribution in [1.82, 2.24) is 4.98 Å². The Balaban J connectivity index is 1.86. The molecule has 0 aliphatic rings. The number of aromatic nitrogens is 1. The highest BCUT2D eigenvalue weighted by Gasteiger charge is 2.05. The van der Waals surface area contributed by atoms with Crippen molar-refractivity contribution in [3.8, 4) is 5.75 Å². The van der Waals surface area contributed by atoms with Gasteiger partial charge in [-0.1, -0.05) is 11.3 Å². The van der Waals surface area contributed by atoms with Crippen LogP contribution in [0.5, 0.6) is 5.75 Å². The van der Waals surface area contributed by atoms with Crippen molar-refractivity contribution in [2.45, 2.75) is 6.92 Å². The number of rotatable bonds is 4. The molecule has 0 spiro atoms. The maximum Gasteiger partial charge on any atom is 0.188 e. The van der Waals surface area contributed by atoms with Gasteiger partial charge in [0.25, 0.3) is 0 Å². The maximum atomic E-state index is 5.51. The van der Waals surface area contributed by atoms with Gasteiger partial charge in [0.05, 0.1) is 16.8 Å². The molecule has 1 heterocycles. The maximum absolute atomic E-state index is 5.51. The molecule has 20 heavy (non-hydrogen) atoms. The normalized spacial score (nSPS) is 10.7. The molecule has 0 unspecified atom stereocenters. The van der Waals surface area contributed by atoms with Crippen molar-refractivity contribution >= 4 is 55.0 Å². The summed E-state index contributed by atoms with van der Waals surface area (Å²) in [6.07, 6.45) is 0. The zero-order chi connectivity index (χ0) is 13.9. The van der Waals surface area contributed by atoms with Crippen molar-refractivity contribution in [3.63, 3.8) is 0 Å². The number of benzene rings is 2. The van der Waals surface area contributed by atoms with Crippen molar-refractivity contribution in [2.75, 3.05) is 11.9 Å². The average Bonchev–Trinajstić information content (AvgIpc) is 2.83. The fourth-order valence-electron chi connectivity index (χ4n) is 1.87. The molecular weight excluding hydrogens is 383 g/mol. The molecule has 0 saturated carbocycles. The van der Waals surface area contributed by atoms with Gasteiger partial charge in [-0.25, -0.2) is 4.98 Å². The van der Waals surface area contributed by atoms with E-state index in [2.05, 4.69) is 57.2 Å². The summed E-state index contributed by atoms with van der Waals surface area (Å²) < 4.78 is 7.86. The molecule has 0 radical (unpaired) electrons. The van der Waals surface area contributed by atoms with E-state index in [1.165, 1.54) is 3.57 Å². The van der Waals surface area contributed by atoms with E-state index in [0.29, 0.717) is 6.61 Å². The van der Waals surface area contributed by atoms with Gasteiger partial charge in [0.2, 0.25) is 0 Å². The van der Waals surface area contributed by atoms with Gasteiger partial charge >= 0.3 is 0 Å². The van der Waals surface area contributed by atoms with Crippen LogP contribution in [0.15, 0.2) is 42.5 Å². The van der Waals surface area contributed by atoms with Gasteiger partial charge in [-0.3, -0.25) is 0 Å². The molecule has 0 saturated heterocycles. The Morgan fingerprint density at radius 2 is 2.00 bits per heavy atom. The Morgan fingerprint density at radius 3 is 2.75 bits per heavy atom. The van der Waals surface area contributed by atoms with Gasteiger partial charge < -0.3 is 10.1 Å². The predicted octanol–water partition coefficient (Wildman–Crippen LogP) is 5.04. The molecule has 1 N–H and O–H groups in total. The van der Waals surface area contributed by atoms with E-state index in [9.17, 15) is 0 Å². The van der Waals surface area contributed by atoms with E-state index in [1.807, 2.05) is 25.1 Å². The third-order valence-corrected chi connectivity index (χ3v) is 4.42. The molecule has 5 heteroatoms. The standard InChI is InChI=1S/C15H13IN2OS/c1-2-19-12-7-8-13-14(9-12)20-15(18-13)17-11-5-3-10(16)4-6-11/h3-9H,2H2,1H3,(H,17,18). The second kappa shape index (κ2) is 5.97. The van der Waals surface area contributed by atoms with Crippen molar-refractivity contribution in [3.05, 3.63) is 46.0 Å². The Labute approximate surface area is 135 Å². The van der Waals surface area contributed by atoms with E-state index in [0.717, 1.165) is 26.8 Å². The number of ether oxygens (including phenoxy) is 1. The van der Waals surface area contributed by atoms with Crippen LogP contribution in [0.3, 0.4) is 0 Å². The lowest BCUT2D eigenvalue weighted by molar-refractivity contribution is 0.341. The van der Waals surface area contributed by atoms with Crippen LogP contribution in [-0.2, 0) is 0 Å². The summed E-state index contributed by atoms with van der Waals surface area (Å²) in [5, 5.41) is 4.23. The monoisotopic (exact) mass is 396 g/mol. The highest BCUT2D eigenvalue weighted by atomic mass is 127. The predicted molar refractivity (Wildman–Crippen MR) is 93.2 cm³/mol. The van der Waals surface area contributed by atoms with Crippen LogP contribution in [0.4, 0.5) is 10.8 Å². The van der Waals surface area contributed by atoms with E-state index in [4.69, 9.17) is 4.74 Å². The highest BCUT2D eigenvalue weighted by molar-refractivity contribution is 14.1. The molecule has 3 nitrogen and oxygen atoms in total. The first-order valence-electron chi connectivity index (χ1n) is 6.30. The van der Waals surface area contributed by atoms with Gasteiger partial charge in [0.1, 0.15) is 5.75 Å². The number of anilines is 2. The van der Waals surface area contributed by atoms with E-state index in [1.54, 1.807) is 11.3 Å². The largest absolute Gasteiger partial charge is 0.494 e. The summed E-state index contributed by atoms with van der Waals surface area (Å²) in [7, 11) is 0. The lowest BCUT2D eigenvalue weighted by Gasteiger charge is -2.01. The van der Waals surface area contributed by atoms with Crippen LogP contribution >= 0.6 is 33.9 Å². The fraction of sp³-hybridized carbons (Fsp3) is 0.133. The highest BCUT2D eigenvalue weighted by Crippen LogP contribution is 2.31. The van der Waals surface area contributed by atoms with Crippen LogP contribution < -0.4 is 10.1 Å². The molecule has 0 aliphatic heterocycles. The minimum atomic E-state index is 0.679. The minimum Gasteiger partial charge on any atom is -0.494 e. The molecule has 102 valence electrons. The summed E-state index contributed by atoms with van der Waals surface area (Å²) in [6, 6.07) is 14.2. The fourth-order valence-corrected chi connectivity index (χ4v) is 3.15. The number of nitrogens with one attached hydrogen (secondary N) is 1. The van der Waals surface area contributed by atoms with E-state index >= 15 is 0 Å². The first-order valence-corrected chi connectivity index (χ1v) is 8.20. The van der Waals surface area contributed by atoms with Gasteiger partial charge in [-0.15, -0.1) is 0 Å². The number of fused-ring (bicyclic) bond motifs is 1. The molecule has 3 aromatic rings. The number of thiazole rings is 1. The SMILES string of the molecule is CCOc1ccc2nc(Nc3ccc(I)cc3)sc2c1. The molecular formula is C15H13IN2OS. The zero-order valence-electron chi connectivity index (χ0n) is 10.9. The number of halogens is 1. The summed E-state index contributed by atoms with van der Waals surface area (Å²) in [5.74, 6) is 0.893. The zero-order valence-corrected chi connectivity index (χ0v) is 13.9. The second-order valence-electron chi connectivity index (χ2n) is 4.21. The van der Waals surface area contributed by atoms with Crippen molar-refractivity contribution in [2.24, 2.45) is 0 Å². The lowest BCUT2D eigenvalue weighted by atomic mass is 10.3. The number of hydrogen-bond donors (Lipinski definition) is 1. The van der Waals surface area contributed by atoms with Gasteiger partial charge in [0, 0.05) is 9.26 Å². The van der Waals surface area contributed by atoms with E-state index in [-0.39, 0.29) is 0 Å². The van der Waals surface area contributed by atoms with Crippen LogP contribution in [0.1, 0.15) is 6.92 Å². The van der Waals surface area contributed by atoms with Crippen LogP contribution in [0.25, 0.3) is 10.2 Å². The topological polar surface area (TPSA) is 34.1 Å². The quantitative estimate of drug-likeness (QED) is 0.628. The van der Waals surface area contributed by atoms with Crippen molar-refractivity contribution < 1.29 is 4.74 Å². The smallest absolute Gasteiger partial charge is 0.188 e. The van der Waals surface area contributed by atoms with Crippen molar-refractivity contribution in [1.29, 1.82) is 0 Å². The Bertz CT molecular complexity index is 724. The Morgan fingerprint density at radius 1 is 1.20 bits per heavy atom. The Hall–Kier alpha value is -1.34. The number of nitrogens with zero attached hydrogens (tertiary/aromatic N) is 1. The minimum absolute atomic E-state index is 0.679. The van der Waals surface area contributed by atoms with Gasteiger partial charge in [-0.2, -0.15) is 0 Å². The molecule has 0 amide bonds. The first kappa shape index (κ1) is 13.6. The molecule has 2 aromatic carbocycles. The summed E-state index contributed by atoms with van der Waals surface area (Å²) >= 11 is 3.93. The third-order valence-electron chi connectivity index (χ3n) is 2.77. The van der Waals surface area contributed by atoms with Gasteiger partial charge in [-0.05, 0) is 72.0 Å². The molecule has 0 atom stereocenters. The average molecular weight is 396 g/mol. The van der Waals surface area contributed by atoms with Crippen LogP contribution in [0.2, 0.25) is 0 Å². The molecule has 1 aromatic heterocycles. The number of hydrogen-bond acceptors (Lipinski definition) is 4. The summed E-state index contributed by atoms with van der Waals surface area (Å²) in [5.41, 5.74) is 2.04. The molecule has 3 rings (SSSR count). The van der Waals surface area contributed by atoms with Crippen LogP contribution in [0, 0.1) is 3.57 Å². The van der Waals surface area contributed by atoms with Gasteiger partial charge in [0.15, 0.2) is 5.13 Å². The lowest BCUT2D eigenvalue weighted by Crippen LogP contribution is -1.90. The second-order valence-corrected chi connectivity index (χ2v) is 6.49. The summed E-state index contributed by atoms with van der Waals surface area (Å²) in [4.78, 5) is 4.58. The first-order chi connectivity index (χ1) is 9.74. The molecule has 0 aliphatic carbocycles. The third kappa shape index (κ3) is 3.04. The molecule has 0 bridgehead atoms. The van der Waals surface area contributed by atoms with E-state index < -0.39 is 0 Å². The Kier molecular flexibility index (Phi) is 4.07. The van der Waals surface area contributed by atoms with Crippen LogP contribution in [-0.4, -0.2) is 11.6 Å².